The molecule has 180 valence electrons. The Labute approximate surface area is 230 Å². The van der Waals surface area contributed by atoms with Crippen LogP contribution in [0.5, 0.6) is 0 Å². The van der Waals surface area contributed by atoms with E-state index in [0.717, 1.165) is 32.6 Å². The molecular formula is C28H18BrClN6S. The zero-order valence-electron chi connectivity index (χ0n) is 19.2. The second-order valence-electron chi connectivity index (χ2n) is 8.20. The minimum absolute atomic E-state index is 0.494. The number of fused-ring (bicyclic) bond motifs is 3. The lowest BCUT2D eigenvalue weighted by atomic mass is 10.3. The molecule has 0 saturated heterocycles. The van der Waals surface area contributed by atoms with Gasteiger partial charge in [-0.1, -0.05) is 57.9 Å². The summed E-state index contributed by atoms with van der Waals surface area (Å²) >= 11 is 15.9. The van der Waals surface area contributed by atoms with Crippen molar-refractivity contribution < 1.29 is 0 Å². The van der Waals surface area contributed by atoms with E-state index in [1.807, 2.05) is 112 Å². The van der Waals surface area contributed by atoms with Gasteiger partial charge in [0.05, 0.1) is 28.1 Å². The molecule has 2 aromatic heterocycles. The predicted molar refractivity (Wildman–Crippen MR) is 155 cm³/mol. The van der Waals surface area contributed by atoms with Crippen LogP contribution in [-0.4, -0.2) is 19.1 Å². The molecular weight excluding hydrogens is 568 g/mol. The number of para-hydroxylation sites is 3. The molecule has 6 nitrogen and oxygen atoms in total. The van der Waals surface area contributed by atoms with Gasteiger partial charge in [-0.25, -0.2) is 9.97 Å². The van der Waals surface area contributed by atoms with Gasteiger partial charge < -0.3 is 0 Å². The van der Waals surface area contributed by atoms with E-state index in [0.29, 0.717) is 26.4 Å². The van der Waals surface area contributed by atoms with Crippen molar-refractivity contribution in [1.29, 1.82) is 0 Å². The van der Waals surface area contributed by atoms with Crippen LogP contribution in [0.2, 0.25) is 5.02 Å². The number of nitrogens with zero attached hydrogens (tertiary/aromatic N) is 5. The van der Waals surface area contributed by atoms with Crippen molar-refractivity contribution >= 4 is 67.8 Å². The third-order valence-electron chi connectivity index (χ3n) is 5.80. The van der Waals surface area contributed by atoms with Crippen molar-refractivity contribution in [1.82, 2.24) is 19.1 Å². The average Bonchev–Trinajstić information content (AvgIpc) is 3.04. The zero-order chi connectivity index (χ0) is 25.4. The van der Waals surface area contributed by atoms with Crippen LogP contribution in [0, 0.1) is 4.77 Å². The maximum Gasteiger partial charge on any atom is 0.192 e. The van der Waals surface area contributed by atoms with Crippen molar-refractivity contribution in [3.8, 4) is 11.4 Å². The van der Waals surface area contributed by atoms with E-state index in [1.165, 1.54) is 0 Å². The topological polar surface area (TPSA) is 60.0 Å². The van der Waals surface area contributed by atoms with E-state index in [2.05, 4.69) is 21.4 Å². The van der Waals surface area contributed by atoms with Gasteiger partial charge >= 0.3 is 0 Å². The van der Waals surface area contributed by atoms with Crippen LogP contribution in [0.1, 0.15) is 0 Å². The van der Waals surface area contributed by atoms with Crippen LogP contribution >= 0.6 is 39.7 Å². The Kier molecular flexibility index (Phi) is 6.30. The summed E-state index contributed by atoms with van der Waals surface area (Å²) in [4.78, 5) is 10.1. The summed E-state index contributed by atoms with van der Waals surface area (Å²) in [5, 5.41) is 6.01. The molecule has 0 amide bonds. The molecule has 0 radical (unpaired) electrons. The van der Waals surface area contributed by atoms with E-state index in [9.17, 15) is 0 Å². The fourth-order valence-corrected chi connectivity index (χ4v) is 4.83. The number of benzene rings is 4. The number of hydrogen-bond acceptors (Lipinski definition) is 5. The van der Waals surface area contributed by atoms with Gasteiger partial charge in [0.1, 0.15) is 0 Å². The van der Waals surface area contributed by atoms with Gasteiger partial charge in [-0.3, -0.25) is 14.6 Å². The Morgan fingerprint density at radius 3 is 1.78 bits per heavy atom. The van der Waals surface area contributed by atoms with Gasteiger partial charge in [0.25, 0.3) is 0 Å². The van der Waals surface area contributed by atoms with Gasteiger partial charge in [0.15, 0.2) is 21.4 Å². The number of aromatic nitrogens is 4. The molecule has 6 aromatic rings. The lowest BCUT2D eigenvalue weighted by Gasteiger charge is -2.16. The predicted octanol–water partition coefficient (Wildman–Crippen LogP) is 7.44. The lowest BCUT2D eigenvalue weighted by molar-refractivity contribution is 0.886. The first kappa shape index (κ1) is 23.5. The molecule has 0 saturated carbocycles. The van der Waals surface area contributed by atoms with Gasteiger partial charge in [0, 0.05) is 9.50 Å². The van der Waals surface area contributed by atoms with Gasteiger partial charge in [-0.05, 0) is 85.0 Å². The average molecular weight is 586 g/mol. The minimum Gasteiger partial charge on any atom is -0.278 e. The van der Waals surface area contributed by atoms with E-state index >= 15 is 0 Å². The molecule has 37 heavy (non-hydrogen) atoms. The standard InChI is InChI=1S/C28H18BrClN6S/c29-18-10-14-21(15-11-18)35-26-25(34-33-20-6-2-1-3-7-20)27(32-24-9-5-4-8-23(24)31-26)36(28(35)37)22-16-12-19(30)13-17-22/h1-17,33H/b34-25-. The number of hydrogen-bond donors (Lipinski definition) is 1. The summed E-state index contributed by atoms with van der Waals surface area (Å²) in [6, 6.07) is 32.9. The molecule has 2 heterocycles. The van der Waals surface area contributed by atoms with Gasteiger partial charge in [-0.15, -0.1) is 0 Å². The second-order valence-corrected chi connectivity index (χ2v) is 9.92. The first-order valence-corrected chi connectivity index (χ1v) is 13.0. The van der Waals surface area contributed by atoms with Crippen LogP contribution in [0.25, 0.3) is 33.7 Å². The Balaban J connectivity index is 1.82. The minimum atomic E-state index is 0.494. The number of nitrogens with one attached hydrogen (secondary N) is 1. The van der Waals surface area contributed by atoms with E-state index in [4.69, 9.17) is 38.9 Å². The maximum atomic E-state index is 6.22. The van der Waals surface area contributed by atoms with Gasteiger partial charge in [-0.2, -0.15) is 5.10 Å². The number of halogens is 2. The first-order chi connectivity index (χ1) is 18.1. The summed E-state index contributed by atoms with van der Waals surface area (Å²) < 4.78 is 5.28. The third-order valence-corrected chi connectivity index (χ3v) is 6.95. The molecule has 4 aromatic carbocycles. The monoisotopic (exact) mass is 584 g/mol. The fraction of sp³-hybridized carbons (Fsp3) is 0. The highest BCUT2D eigenvalue weighted by Crippen LogP contribution is 2.22. The Hall–Kier alpha value is -3.85. The Bertz CT molecular complexity index is 1770. The molecule has 0 aliphatic carbocycles. The third kappa shape index (κ3) is 4.55. The summed E-state index contributed by atoms with van der Waals surface area (Å²) in [6.45, 7) is 0. The Morgan fingerprint density at radius 2 is 1.22 bits per heavy atom. The van der Waals surface area contributed by atoms with Crippen LogP contribution < -0.4 is 10.8 Å². The lowest BCUT2D eigenvalue weighted by Crippen LogP contribution is -2.23. The van der Waals surface area contributed by atoms with Crippen molar-refractivity contribution in [3.05, 3.63) is 123 Å². The van der Waals surface area contributed by atoms with Crippen LogP contribution in [0.4, 0.5) is 5.69 Å². The fourth-order valence-electron chi connectivity index (χ4n) is 4.06. The highest BCUT2D eigenvalue weighted by atomic mass is 79.9. The largest absolute Gasteiger partial charge is 0.278 e. The molecule has 0 atom stereocenters. The molecule has 0 unspecified atom stereocenters. The van der Waals surface area contributed by atoms with Gasteiger partial charge in [0.2, 0.25) is 0 Å². The van der Waals surface area contributed by atoms with Crippen molar-refractivity contribution in [2.45, 2.75) is 0 Å². The SMILES string of the molecule is S=c1n(-c2ccc(Cl)cc2)c2nc3ccccc3nc(/c2=N/Nc2ccccc2)n1-c1ccc(Br)cc1. The quantitative estimate of drug-likeness (QED) is 0.173. The molecule has 0 fully saturated rings. The summed E-state index contributed by atoms with van der Waals surface area (Å²) in [5.74, 6) is 0. The van der Waals surface area contributed by atoms with E-state index in [1.54, 1.807) is 0 Å². The maximum absolute atomic E-state index is 6.22. The first-order valence-electron chi connectivity index (χ1n) is 11.4. The van der Waals surface area contributed by atoms with E-state index in [-0.39, 0.29) is 0 Å². The van der Waals surface area contributed by atoms with Crippen LogP contribution in [-0.2, 0) is 0 Å². The smallest absolute Gasteiger partial charge is 0.192 e. The normalized spacial score (nSPS) is 11.8. The van der Waals surface area contributed by atoms with E-state index < -0.39 is 0 Å². The summed E-state index contributed by atoms with van der Waals surface area (Å²) in [5.41, 5.74) is 8.25. The molecule has 9 heteroatoms. The molecule has 2 bridgehead atoms. The summed E-state index contributed by atoms with van der Waals surface area (Å²) in [7, 11) is 0. The van der Waals surface area contributed by atoms with Crippen molar-refractivity contribution in [3.63, 3.8) is 0 Å². The van der Waals surface area contributed by atoms with Crippen LogP contribution in [0.15, 0.2) is 113 Å². The second kappa shape index (κ2) is 9.89. The number of rotatable bonds is 4. The zero-order valence-corrected chi connectivity index (χ0v) is 22.4. The summed E-state index contributed by atoms with van der Waals surface area (Å²) in [6.07, 6.45) is 0. The Morgan fingerprint density at radius 1 is 0.703 bits per heavy atom. The van der Waals surface area contributed by atoms with Crippen molar-refractivity contribution in [2.75, 3.05) is 5.43 Å². The highest BCUT2D eigenvalue weighted by Gasteiger charge is 2.16. The molecule has 6 rings (SSSR count). The molecule has 1 N–H and O–H groups in total. The molecule has 0 aliphatic heterocycles. The van der Waals surface area contributed by atoms with Crippen LogP contribution in [0.3, 0.4) is 0 Å². The molecule has 0 spiro atoms. The van der Waals surface area contributed by atoms with Crippen molar-refractivity contribution in [2.24, 2.45) is 5.10 Å². The highest BCUT2D eigenvalue weighted by molar-refractivity contribution is 9.10. The molecule has 0 aliphatic rings. The number of anilines is 1.